The average molecular weight is 263 g/mol. The molecule has 0 aromatic rings. The Morgan fingerprint density at radius 1 is 1.37 bits per heavy atom. The van der Waals surface area contributed by atoms with Crippen LogP contribution in [0.5, 0.6) is 0 Å². The van der Waals surface area contributed by atoms with E-state index in [0.29, 0.717) is 5.92 Å². The Morgan fingerprint density at radius 3 is 2.32 bits per heavy atom. The van der Waals surface area contributed by atoms with Gasteiger partial charge in [-0.25, -0.2) is 10.2 Å². The molecule has 0 fully saturated rings. The highest BCUT2D eigenvalue weighted by atomic mass is 16.4. The number of carbonyl (C=O) groups excluding carboxylic acids is 1. The van der Waals surface area contributed by atoms with Crippen molar-refractivity contribution in [2.45, 2.75) is 6.42 Å². The monoisotopic (exact) mass is 263 g/mol. The van der Waals surface area contributed by atoms with E-state index in [9.17, 15) is 9.59 Å². The second kappa shape index (κ2) is 7.17. The molecule has 0 heterocycles. The van der Waals surface area contributed by atoms with Crippen LogP contribution in [0.4, 0.5) is 4.79 Å². The first kappa shape index (κ1) is 14.7. The van der Waals surface area contributed by atoms with Crippen molar-refractivity contribution >= 4 is 12.0 Å². The third-order valence-corrected chi connectivity index (χ3v) is 2.59. The minimum absolute atomic E-state index is 0.344. The number of nitrogens with two attached hydrogens (primary N) is 1. The van der Waals surface area contributed by atoms with Gasteiger partial charge in [-0.05, 0) is 17.6 Å². The molecule has 0 atom stereocenters. The molecule has 2 aliphatic carbocycles. The zero-order valence-electron chi connectivity index (χ0n) is 10.4. The van der Waals surface area contributed by atoms with E-state index < -0.39 is 12.0 Å². The second-order valence-corrected chi connectivity index (χ2v) is 3.98. The van der Waals surface area contributed by atoms with Gasteiger partial charge in [0.2, 0.25) is 0 Å². The summed E-state index contributed by atoms with van der Waals surface area (Å²) in [4.78, 5) is 19.6. The molecule has 19 heavy (non-hydrogen) atoms. The summed E-state index contributed by atoms with van der Waals surface area (Å²) in [6, 6.07) is -0.809. The molecule has 0 unspecified atom stereocenters. The Hall–Kier alpha value is -2.34. The number of carbonyl (C=O) groups is 2. The minimum Gasteiger partial charge on any atom is -0.480 e. The summed E-state index contributed by atoms with van der Waals surface area (Å²) >= 11 is 0. The molecule has 2 bridgehead atoms. The number of hydrogen-bond donors (Lipinski definition) is 4. The van der Waals surface area contributed by atoms with Crippen LogP contribution in [0.15, 0.2) is 48.1 Å². The Balaban J connectivity index is 0.000000192. The highest BCUT2D eigenvalue weighted by Gasteiger charge is 2.22. The van der Waals surface area contributed by atoms with Crippen molar-refractivity contribution in [3.8, 4) is 0 Å². The Morgan fingerprint density at radius 2 is 1.95 bits per heavy atom. The van der Waals surface area contributed by atoms with Gasteiger partial charge in [-0.2, -0.15) is 0 Å². The Kier molecular flexibility index (Phi) is 5.56. The number of amides is 2. The lowest BCUT2D eigenvalue weighted by Gasteiger charge is -2.05. The topological polar surface area (TPSA) is 104 Å². The Labute approximate surface area is 111 Å². The van der Waals surface area contributed by atoms with Gasteiger partial charge < -0.3 is 10.8 Å². The Bertz CT molecular complexity index is 428. The molecular weight excluding hydrogens is 246 g/mol. The molecule has 6 heteroatoms. The number of urea groups is 1. The number of carboxylic acid groups (broad SMARTS) is 1. The largest absolute Gasteiger partial charge is 0.480 e. The van der Waals surface area contributed by atoms with Crippen LogP contribution >= 0.6 is 0 Å². The van der Waals surface area contributed by atoms with Crippen LogP contribution in [-0.2, 0) is 4.79 Å². The van der Waals surface area contributed by atoms with Gasteiger partial charge in [-0.1, -0.05) is 30.4 Å². The van der Waals surface area contributed by atoms with Crippen LogP contribution in [0, 0.1) is 5.92 Å². The fourth-order valence-electron chi connectivity index (χ4n) is 1.80. The molecule has 0 aromatic carbocycles. The molecule has 6 nitrogen and oxygen atoms in total. The quantitative estimate of drug-likeness (QED) is 0.436. The SMILES string of the molecule is C=CCC1C2=CC=C1C=C2.NC(=O)NNCC(=O)O. The van der Waals surface area contributed by atoms with Gasteiger partial charge in [0.05, 0.1) is 0 Å². The molecule has 0 aromatic heterocycles. The summed E-state index contributed by atoms with van der Waals surface area (Å²) in [6.07, 6.45) is 11.9. The number of hydrogen-bond acceptors (Lipinski definition) is 3. The lowest BCUT2D eigenvalue weighted by molar-refractivity contribution is -0.136. The number of aliphatic carboxylic acids is 1. The lowest BCUT2D eigenvalue weighted by atomic mass is 9.99. The highest BCUT2D eigenvalue weighted by molar-refractivity contribution is 5.72. The summed E-state index contributed by atoms with van der Waals surface area (Å²) in [5, 5.41) is 7.97. The minimum atomic E-state index is -1.07. The zero-order chi connectivity index (χ0) is 14.3. The van der Waals surface area contributed by atoms with E-state index in [1.54, 1.807) is 0 Å². The summed E-state index contributed by atoms with van der Waals surface area (Å²) < 4.78 is 0. The molecular formula is C13H17N3O3. The van der Waals surface area contributed by atoms with Crippen LogP contribution in [0.2, 0.25) is 0 Å². The van der Waals surface area contributed by atoms with E-state index in [0.717, 1.165) is 6.42 Å². The lowest BCUT2D eigenvalue weighted by Crippen LogP contribution is -2.43. The van der Waals surface area contributed by atoms with Gasteiger partial charge in [0.25, 0.3) is 0 Å². The summed E-state index contributed by atoms with van der Waals surface area (Å²) in [5.41, 5.74) is 11.4. The molecule has 2 aliphatic rings. The van der Waals surface area contributed by atoms with Crippen molar-refractivity contribution in [2.75, 3.05) is 6.54 Å². The molecule has 0 radical (unpaired) electrons. The first-order chi connectivity index (χ1) is 9.04. The van der Waals surface area contributed by atoms with Crippen LogP contribution in [0.1, 0.15) is 6.42 Å². The summed E-state index contributed by atoms with van der Waals surface area (Å²) in [7, 11) is 0. The van der Waals surface area contributed by atoms with Crippen molar-refractivity contribution in [1.82, 2.24) is 10.9 Å². The van der Waals surface area contributed by atoms with Crippen LogP contribution in [0.3, 0.4) is 0 Å². The molecule has 5 N–H and O–H groups in total. The number of nitrogens with one attached hydrogen (secondary N) is 2. The summed E-state index contributed by atoms with van der Waals surface area (Å²) in [6.45, 7) is 3.39. The maximum atomic E-state index is 9.84. The van der Waals surface area contributed by atoms with Crippen LogP contribution < -0.4 is 16.6 Å². The van der Waals surface area contributed by atoms with Crippen molar-refractivity contribution in [2.24, 2.45) is 11.7 Å². The fourth-order valence-corrected chi connectivity index (χ4v) is 1.80. The molecule has 0 saturated carbocycles. The molecule has 0 aliphatic heterocycles. The van der Waals surface area contributed by atoms with Gasteiger partial charge in [-0.3, -0.25) is 10.2 Å². The van der Waals surface area contributed by atoms with Gasteiger partial charge in [0.15, 0.2) is 0 Å². The van der Waals surface area contributed by atoms with Gasteiger partial charge in [0.1, 0.15) is 6.54 Å². The third kappa shape index (κ3) is 4.81. The maximum Gasteiger partial charge on any atom is 0.326 e. The number of primary amides is 1. The second-order valence-electron chi connectivity index (χ2n) is 3.98. The predicted molar refractivity (Wildman–Crippen MR) is 72.0 cm³/mol. The first-order valence-electron chi connectivity index (χ1n) is 5.75. The van der Waals surface area contributed by atoms with E-state index in [2.05, 4.69) is 42.0 Å². The molecule has 102 valence electrons. The predicted octanol–water partition coefficient (Wildman–Crippen LogP) is 0.859. The van der Waals surface area contributed by atoms with E-state index >= 15 is 0 Å². The van der Waals surface area contributed by atoms with Gasteiger partial charge >= 0.3 is 12.0 Å². The molecule has 0 spiro atoms. The van der Waals surface area contributed by atoms with E-state index in [1.807, 2.05) is 11.5 Å². The standard InChI is InChI=1S/C10H10.C3H7N3O3/c1-2-3-10-8-4-5-9(10)7-6-8;4-3(9)6-5-1-2(7)8/h2,4-7,10H,1,3H2;5H,1H2,(H,7,8)(H3,4,6,9). The van der Waals surface area contributed by atoms with E-state index in [-0.39, 0.29) is 6.54 Å². The van der Waals surface area contributed by atoms with Crippen molar-refractivity contribution in [3.63, 3.8) is 0 Å². The zero-order valence-corrected chi connectivity index (χ0v) is 10.4. The molecule has 2 amide bonds. The first-order valence-corrected chi connectivity index (χ1v) is 5.75. The smallest absolute Gasteiger partial charge is 0.326 e. The maximum absolute atomic E-state index is 9.84. The van der Waals surface area contributed by atoms with Crippen LogP contribution in [-0.4, -0.2) is 23.7 Å². The number of fused-ring (bicyclic) bond motifs is 2. The average Bonchev–Trinajstić information content (AvgIpc) is 2.89. The number of allylic oxidation sites excluding steroid dienone is 7. The fraction of sp³-hybridized carbons (Fsp3) is 0.231. The normalized spacial score (nSPS) is 15.2. The molecule has 2 rings (SSSR count). The van der Waals surface area contributed by atoms with E-state index in [4.69, 9.17) is 5.11 Å². The molecule has 0 saturated heterocycles. The van der Waals surface area contributed by atoms with E-state index in [1.165, 1.54) is 11.1 Å². The number of rotatable bonds is 5. The van der Waals surface area contributed by atoms with Crippen LogP contribution in [0.25, 0.3) is 0 Å². The third-order valence-electron chi connectivity index (χ3n) is 2.59. The van der Waals surface area contributed by atoms with Crippen molar-refractivity contribution < 1.29 is 14.7 Å². The van der Waals surface area contributed by atoms with Crippen molar-refractivity contribution in [1.29, 1.82) is 0 Å². The van der Waals surface area contributed by atoms with Gasteiger partial charge in [0, 0.05) is 5.92 Å². The highest BCUT2D eigenvalue weighted by Crippen LogP contribution is 2.37. The number of carboxylic acids is 1. The number of hydrazine groups is 1. The van der Waals surface area contributed by atoms with Crippen molar-refractivity contribution in [3.05, 3.63) is 48.1 Å². The van der Waals surface area contributed by atoms with Gasteiger partial charge in [-0.15, -0.1) is 6.58 Å². The summed E-state index contributed by atoms with van der Waals surface area (Å²) in [5.74, 6) is -0.416.